The van der Waals surface area contributed by atoms with E-state index in [2.05, 4.69) is 24.1 Å². The van der Waals surface area contributed by atoms with E-state index >= 15 is 0 Å². The van der Waals surface area contributed by atoms with Crippen molar-refractivity contribution in [3.63, 3.8) is 0 Å². The van der Waals surface area contributed by atoms with Crippen LogP contribution in [0.2, 0.25) is 0 Å². The molecule has 1 aromatic rings. The SMILES string of the molecule is CC=CCOc1ncccc1CNC(C)C. The molecule has 0 aliphatic heterocycles. The quantitative estimate of drug-likeness (QED) is 0.748. The average Bonchev–Trinajstić information content (AvgIpc) is 2.28. The number of hydrogen-bond donors (Lipinski definition) is 1. The van der Waals surface area contributed by atoms with Crippen LogP contribution in [0.4, 0.5) is 0 Å². The first kappa shape index (κ1) is 12.7. The Kier molecular flexibility index (Phi) is 5.57. The fraction of sp³-hybridized carbons (Fsp3) is 0.462. The Hall–Kier alpha value is -1.35. The van der Waals surface area contributed by atoms with E-state index in [-0.39, 0.29) is 0 Å². The van der Waals surface area contributed by atoms with Gasteiger partial charge in [-0.15, -0.1) is 0 Å². The average molecular weight is 220 g/mol. The van der Waals surface area contributed by atoms with Gasteiger partial charge >= 0.3 is 0 Å². The van der Waals surface area contributed by atoms with E-state index in [1.54, 1.807) is 6.20 Å². The lowest BCUT2D eigenvalue weighted by Gasteiger charge is -2.11. The summed E-state index contributed by atoms with van der Waals surface area (Å²) in [6.07, 6.45) is 5.69. The summed E-state index contributed by atoms with van der Waals surface area (Å²) in [5.74, 6) is 0.716. The summed E-state index contributed by atoms with van der Waals surface area (Å²) in [6.45, 7) is 7.58. The third kappa shape index (κ3) is 4.45. The number of aromatic nitrogens is 1. The highest BCUT2D eigenvalue weighted by Crippen LogP contribution is 2.14. The Morgan fingerprint density at radius 3 is 3.00 bits per heavy atom. The van der Waals surface area contributed by atoms with Crippen LogP contribution in [0.5, 0.6) is 5.88 Å². The Balaban J connectivity index is 2.60. The summed E-state index contributed by atoms with van der Waals surface area (Å²) in [7, 11) is 0. The molecule has 0 saturated heterocycles. The number of allylic oxidation sites excluding steroid dienone is 1. The van der Waals surface area contributed by atoms with E-state index in [4.69, 9.17) is 4.74 Å². The molecule has 0 aliphatic carbocycles. The molecule has 16 heavy (non-hydrogen) atoms. The van der Waals surface area contributed by atoms with Gasteiger partial charge in [-0.3, -0.25) is 0 Å². The van der Waals surface area contributed by atoms with E-state index in [9.17, 15) is 0 Å². The molecule has 3 heteroatoms. The van der Waals surface area contributed by atoms with Crippen LogP contribution in [-0.2, 0) is 6.54 Å². The molecule has 0 fully saturated rings. The smallest absolute Gasteiger partial charge is 0.218 e. The lowest BCUT2D eigenvalue weighted by molar-refractivity contribution is 0.342. The zero-order valence-corrected chi connectivity index (χ0v) is 10.2. The van der Waals surface area contributed by atoms with Gasteiger partial charge in [-0.25, -0.2) is 4.98 Å². The number of ether oxygens (including phenoxy) is 1. The number of nitrogens with one attached hydrogen (secondary N) is 1. The summed E-state index contributed by atoms with van der Waals surface area (Å²) >= 11 is 0. The van der Waals surface area contributed by atoms with Crippen LogP contribution in [0.1, 0.15) is 26.3 Å². The summed E-state index contributed by atoms with van der Waals surface area (Å²) in [5.41, 5.74) is 1.10. The van der Waals surface area contributed by atoms with Crippen LogP contribution in [-0.4, -0.2) is 17.6 Å². The van der Waals surface area contributed by atoms with Gasteiger partial charge in [-0.2, -0.15) is 0 Å². The van der Waals surface area contributed by atoms with Crippen molar-refractivity contribution in [2.75, 3.05) is 6.61 Å². The van der Waals surface area contributed by atoms with E-state index < -0.39 is 0 Å². The molecule has 0 amide bonds. The van der Waals surface area contributed by atoms with Crippen molar-refractivity contribution >= 4 is 0 Å². The van der Waals surface area contributed by atoms with Gasteiger partial charge in [0.2, 0.25) is 5.88 Å². The normalized spacial score (nSPS) is 11.2. The predicted octanol–water partition coefficient (Wildman–Crippen LogP) is 2.53. The second kappa shape index (κ2) is 7.01. The van der Waals surface area contributed by atoms with Gasteiger partial charge in [0, 0.05) is 24.3 Å². The largest absolute Gasteiger partial charge is 0.473 e. The van der Waals surface area contributed by atoms with Gasteiger partial charge in [0.15, 0.2) is 0 Å². The maximum atomic E-state index is 5.57. The molecule has 1 aromatic heterocycles. The molecule has 0 spiro atoms. The highest BCUT2D eigenvalue weighted by Gasteiger charge is 2.04. The third-order valence-corrected chi connectivity index (χ3v) is 2.10. The van der Waals surface area contributed by atoms with Crippen molar-refractivity contribution in [3.05, 3.63) is 36.0 Å². The molecule has 0 bridgehead atoms. The van der Waals surface area contributed by atoms with Gasteiger partial charge < -0.3 is 10.1 Å². The summed E-state index contributed by atoms with van der Waals surface area (Å²) in [4.78, 5) is 4.23. The molecule has 3 nitrogen and oxygen atoms in total. The minimum Gasteiger partial charge on any atom is -0.473 e. The van der Waals surface area contributed by atoms with Gasteiger partial charge in [-0.05, 0) is 13.0 Å². The molecule has 1 N–H and O–H groups in total. The second-order valence-corrected chi connectivity index (χ2v) is 3.88. The Morgan fingerprint density at radius 1 is 1.50 bits per heavy atom. The van der Waals surface area contributed by atoms with Gasteiger partial charge in [-0.1, -0.05) is 32.1 Å². The number of pyridine rings is 1. The second-order valence-electron chi connectivity index (χ2n) is 3.88. The summed E-state index contributed by atoms with van der Waals surface area (Å²) < 4.78 is 5.57. The van der Waals surface area contributed by atoms with Gasteiger partial charge in [0.05, 0.1) is 0 Å². The molecule has 1 heterocycles. The third-order valence-electron chi connectivity index (χ3n) is 2.10. The van der Waals surface area contributed by atoms with Gasteiger partial charge in [0.1, 0.15) is 6.61 Å². The molecule has 0 saturated carbocycles. The minimum absolute atomic E-state index is 0.462. The molecule has 88 valence electrons. The summed E-state index contributed by atoms with van der Waals surface area (Å²) in [5, 5.41) is 3.35. The van der Waals surface area contributed by atoms with Gasteiger partial charge in [0.25, 0.3) is 0 Å². The molecule has 0 radical (unpaired) electrons. The van der Waals surface area contributed by atoms with Crippen molar-refractivity contribution < 1.29 is 4.74 Å². The van der Waals surface area contributed by atoms with Crippen molar-refractivity contribution in [1.29, 1.82) is 0 Å². The van der Waals surface area contributed by atoms with Crippen LogP contribution < -0.4 is 10.1 Å². The van der Waals surface area contributed by atoms with Crippen LogP contribution in [0.3, 0.4) is 0 Å². The lowest BCUT2D eigenvalue weighted by atomic mass is 10.2. The first-order valence-corrected chi connectivity index (χ1v) is 5.65. The fourth-order valence-electron chi connectivity index (χ4n) is 1.23. The number of nitrogens with zero attached hydrogens (tertiary/aromatic N) is 1. The highest BCUT2D eigenvalue weighted by molar-refractivity contribution is 5.25. The van der Waals surface area contributed by atoms with Crippen LogP contribution in [0.25, 0.3) is 0 Å². The topological polar surface area (TPSA) is 34.1 Å². The van der Waals surface area contributed by atoms with E-state index in [1.165, 1.54) is 0 Å². The molecule has 0 aromatic carbocycles. The molecular formula is C13H20N2O. The number of hydrogen-bond acceptors (Lipinski definition) is 3. The van der Waals surface area contributed by atoms with E-state index in [0.717, 1.165) is 12.1 Å². The highest BCUT2D eigenvalue weighted by atomic mass is 16.5. The van der Waals surface area contributed by atoms with E-state index in [0.29, 0.717) is 18.5 Å². The Morgan fingerprint density at radius 2 is 2.31 bits per heavy atom. The molecule has 0 aliphatic rings. The van der Waals surface area contributed by atoms with E-state index in [1.807, 2.05) is 31.2 Å². The van der Waals surface area contributed by atoms with Crippen LogP contribution in [0.15, 0.2) is 30.5 Å². The summed E-state index contributed by atoms with van der Waals surface area (Å²) in [6, 6.07) is 4.43. The number of rotatable bonds is 6. The fourth-order valence-corrected chi connectivity index (χ4v) is 1.23. The van der Waals surface area contributed by atoms with Crippen molar-refractivity contribution in [1.82, 2.24) is 10.3 Å². The molecule has 0 unspecified atom stereocenters. The van der Waals surface area contributed by atoms with Crippen molar-refractivity contribution in [2.45, 2.75) is 33.4 Å². The predicted molar refractivity (Wildman–Crippen MR) is 66.5 cm³/mol. The molecule has 1 rings (SSSR count). The van der Waals surface area contributed by atoms with Crippen molar-refractivity contribution in [3.8, 4) is 5.88 Å². The van der Waals surface area contributed by atoms with Crippen molar-refractivity contribution in [2.24, 2.45) is 0 Å². The zero-order chi connectivity index (χ0) is 11.8. The maximum Gasteiger partial charge on any atom is 0.218 e. The van der Waals surface area contributed by atoms with Crippen LogP contribution >= 0.6 is 0 Å². The molecular weight excluding hydrogens is 200 g/mol. The lowest BCUT2D eigenvalue weighted by Crippen LogP contribution is -2.22. The first-order valence-electron chi connectivity index (χ1n) is 5.65. The van der Waals surface area contributed by atoms with Crippen LogP contribution in [0, 0.1) is 0 Å². The zero-order valence-electron chi connectivity index (χ0n) is 10.2. The standard InChI is InChI=1S/C13H20N2O/c1-4-5-9-16-13-12(7-6-8-14-13)10-15-11(2)3/h4-8,11,15H,9-10H2,1-3H3. The minimum atomic E-state index is 0.462. The Labute approximate surface area is 97.5 Å². The first-order chi connectivity index (χ1) is 7.74. The maximum absolute atomic E-state index is 5.57. The monoisotopic (exact) mass is 220 g/mol. The Bertz CT molecular complexity index is 334. The molecule has 0 atom stereocenters.